The van der Waals surface area contributed by atoms with Gasteiger partial charge >= 0.3 is 5.97 Å². The quantitative estimate of drug-likeness (QED) is 0.701. The van der Waals surface area contributed by atoms with Crippen LogP contribution in [0.15, 0.2) is 12.4 Å². The maximum Gasteiger partial charge on any atom is 0.330 e. The van der Waals surface area contributed by atoms with Crippen molar-refractivity contribution in [1.29, 1.82) is 0 Å². The van der Waals surface area contributed by atoms with Crippen molar-refractivity contribution in [3.8, 4) is 0 Å². The largest absolute Gasteiger partial charge is 0.464 e. The van der Waals surface area contributed by atoms with Gasteiger partial charge in [-0.15, -0.1) is 0 Å². The zero-order valence-electron chi connectivity index (χ0n) is 7.53. The van der Waals surface area contributed by atoms with E-state index in [1.807, 2.05) is 0 Å². The number of hydrogen-bond donors (Lipinski definition) is 0. The lowest BCUT2D eigenvalue weighted by atomic mass is 10.3. The molecule has 1 heterocycles. The summed E-state index contributed by atoms with van der Waals surface area (Å²) in [5.74, 6) is -0.303. The Morgan fingerprint density at radius 3 is 3.00 bits per heavy atom. The maximum atomic E-state index is 11.2. The Hall–Kier alpha value is -1.03. The van der Waals surface area contributed by atoms with Crippen LogP contribution in [0.2, 0.25) is 5.02 Å². The van der Waals surface area contributed by atoms with Crippen LogP contribution in [0, 0.1) is 0 Å². The maximum absolute atomic E-state index is 11.2. The molecule has 0 aromatic carbocycles. The van der Waals surface area contributed by atoms with Crippen LogP contribution in [-0.4, -0.2) is 22.4 Å². The molecule has 0 spiro atoms. The number of aromatic nitrogens is 2. The number of nitrogens with zero attached hydrogens (tertiary/aromatic N) is 2. The first kappa shape index (κ1) is 10.1. The lowest BCUT2D eigenvalue weighted by molar-refractivity contribution is -0.146. The molecule has 0 N–H and O–H groups in total. The highest BCUT2D eigenvalue weighted by molar-refractivity contribution is 6.30. The van der Waals surface area contributed by atoms with Crippen LogP contribution in [0.1, 0.15) is 19.9 Å². The Bertz CT molecular complexity index is 298. The highest BCUT2D eigenvalue weighted by Gasteiger charge is 2.16. The summed E-state index contributed by atoms with van der Waals surface area (Å²) in [5, 5.41) is 4.41. The van der Waals surface area contributed by atoms with E-state index in [2.05, 4.69) is 5.10 Å². The van der Waals surface area contributed by atoms with E-state index in [0.29, 0.717) is 11.6 Å². The molecule has 0 aliphatic carbocycles. The number of esters is 1. The summed E-state index contributed by atoms with van der Waals surface area (Å²) in [6.45, 7) is 3.85. The first-order valence-electron chi connectivity index (χ1n) is 4.01. The number of carbonyl (C=O) groups is 1. The molecule has 0 radical (unpaired) electrons. The Balaban J connectivity index is 2.67. The van der Waals surface area contributed by atoms with Crippen molar-refractivity contribution in [3.63, 3.8) is 0 Å². The summed E-state index contributed by atoms with van der Waals surface area (Å²) in [5.41, 5.74) is 0. The monoisotopic (exact) mass is 202 g/mol. The number of halogens is 1. The summed E-state index contributed by atoms with van der Waals surface area (Å²) < 4.78 is 6.30. The van der Waals surface area contributed by atoms with Crippen LogP contribution in [0.25, 0.3) is 0 Å². The van der Waals surface area contributed by atoms with E-state index in [1.54, 1.807) is 20.0 Å². The van der Waals surface area contributed by atoms with E-state index >= 15 is 0 Å². The van der Waals surface area contributed by atoms with Gasteiger partial charge in [0, 0.05) is 6.20 Å². The Kier molecular flexibility index (Phi) is 3.31. The normalized spacial score (nSPS) is 12.5. The first-order valence-corrected chi connectivity index (χ1v) is 4.39. The van der Waals surface area contributed by atoms with Gasteiger partial charge in [-0.2, -0.15) is 5.10 Å². The van der Waals surface area contributed by atoms with Crippen molar-refractivity contribution in [2.45, 2.75) is 19.9 Å². The molecule has 0 saturated carbocycles. The van der Waals surface area contributed by atoms with Crippen molar-refractivity contribution < 1.29 is 9.53 Å². The van der Waals surface area contributed by atoms with Crippen LogP contribution in [0.5, 0.6) is 0 Å². The summed E-state index contributed by atoms with van der Waals surface area (Å²) in [6, 6.07) is -0.424. The number of rotatable bonds is 3. The molecule has 1 rings (SSSR count). The molecule has 1 aromatic heterocycles. The fraction of sp³-hybridized carbons (Fsp3) is 0.500. The van der Waals surface area contributed by atoms with Crippen molar-refractivity contribution >= 4 is 17.6 Å². The SMILES string of the molecule is CCOC(=O)[C@H](C)n1cc(Cl)cn1. The average molecular weight is 203 g/mol. The van der Waals surface area contributed by atoms with Gasteiger partial charge < -0.3 is 4.74 Å². The standard InChI is InChI=1S/C8H11ClN2O2/c1-3-13-8(12)6(2)11-5-7(9)4-10-11/h4-6H,3H2,1-2H3/t6-/m0/s1. The fourth-order valence-corrected chi connectivity index (χ4v) is 1.04. The molecule has 72 valence electrons. The molecule has 13 heavy (non-hydrogen) atoms. The van der Waals surface area contributed by atoms with Gasteiger partial charge in [0.2, 0.25) is 0 Å². The number of hydrogen-bond acceptors (Lipinski definition) is 3. The average Bonchev–Trinajstić information content (AvgIpc) is 2.51. The van der Waals surface area contributed by atoms with Gasteiger partial charge in [-0.3, -0.25) is 4.68 Å². The third kappa shape index (κ3) is 2.45. The second-order valence-electron chi connectivity index (χ2n) is 2.57. The first-order chi connectivity index (χ1) is 6.15. The van der Waals surface area contributed by atoms with Crippen molar-refractivity contribution in [2.75, 3.05) is 6.61 Å². The minimum Gasteiger partial charge on any atom is -0.464 e. The second-order valence-corrected chi connectivity index (χ2v) is 3.00. The van der Waals surface area contributed by atoms with Crippen molar-refractivity contribution in [2.24, 2.45) is 0 Å². The van der Waals surface area contributed by atoms with Gasteiger partial charge in [-0.05, 0) is 13.8 Å². The number of carbonyl (C=O) groups excluding carboxylic acids is 1. The van der Waals surface area contributed by atoms with Crippen LogP contribution in [0.4, 0.5) is 0 Å². The van der Waals surface area contributed by atoms with Gasteiger partial charge in [0.25, 0.3) is 0 Å². The molecule has 5 heteroatoms. The predicted octanol–water partition coefficient (Wildman–Crippen LogP) is 1.66. The van der Waals surface area contributed by atoms with E-state index in [4.69, 9.17) is 16.3 Å². The predicted molar refractivity (Wildman–Crippen MR) is 48.6 cm³/mol. The van der Waals surface area contributed by atoms with Crippen molar-refractivity contribution in [1.82, 2.24) is 9.78 Å². The van der Waals surface area contributed by atoms with Gasteiger partial charge in [0.1, 0.15) is 6.04 Å². The van der Waals surface area contributed by atoms with E-state index in [9.17, 15) is 4.79 Å². The minimum absolute atomic E-state index is 0.303. The van der Waals surface area contributed by atoms with Gasteiger partial charge in [-0.25, -0.2) is 4.79 Å². The molecule has 0 saturated heterocycles. The molecular formula is C8H11ClN2O2. The lowest BCUT2D eigenvalue weighted by Gasteiger charge is -2.09. The molecule has 0 aliphatic heterocycles. The van der Waals surface area contributed by atoms with Crippen LogP contribution < -0.4 is 0 Å². The van der Waals surface area contributed by atoms with Gasteiger partial charge in [0.05, 0.1) is 17.8 Å². The zero-order valence-corrected chi connectivity index (χ0v) is 8.28. The number of ether oxygens (including phenoxy) is 1. The fourth-order valence-electron chi connectivity index (χ4n) is 0.898. The summed E-state index contributed by atoms with van der Waals surface area (Å²) >= 11 is 5.65. The molecule has 1 atom stereocenters. The van der Waals surface area contributed by atoms with Gasteiger partial charge in [-0.1, -0.05) is 11.6 Å². The third-order valence-corrected chi connectivity index (χ3v) is 1.79. The molecule has 0 unspecified atom stereocenters. The molecule has 1 aromatic rings. The van der Waals surface area contributed by atoms with E-state index in [-0.39, 0.29) is 5.97 Å². The van der Waals surface area contributed by atoms with E-state index in [0.717, 1.165) is 0 Å². The zero-order chi connectivity index (χ0) is 9.84. The molecule has 0 fully saturated rings. The topological polar surface area (TPSA) is 44.1 Å². The van der Waals surface area contributed by atoms with Crippen molar-refractivity contribution in [3.05, 3.63) is 17.4 Å². The van der Waals surface area contributed by atoms with E-state index in [1.165, 1.54) is 10.9 Å². The summed E-state index contributed by atoms with van der Waals surface area (Å²) in [4.78, 5) is 11.2. The minimum atomic E-state index is -0.424. The highest BCUT2D eigenvalue weighted by Crippen LogP contribution is 2.11. The lowest BCUT2D eigenvalue weighted by Crippen LogP contribution is -2.19. The molecule has 0 bridgehead atoms. The van der Waals surface area contributed by atoms with Gasteiger partial charge in [0.15, 0.2) is 0 Å². The summed E-state index contributed by atoms with van der Waals surface area (Å²) in [6.07, 6.45) is 3.07. The van der Waals surface area contributed by atoms with Crippen LogP contribution in [-0.2, 0) is 9.53 Å². The third-order valence-electron chi connectivity index (χ3n) is 1.59. The van der Waals surface area contributed by atoms with Crippen LogP contribution >= 0.6 is 11.6 Å². The van der Waals surface area contributed by atoms with E-state index < -0.39 is 6.04 Å². The molecule has 4 nitrogen and oxygen atoms in total. The van der Waals surface area contributed by atoms with Crippen LogP contribution in [0.3, 0.4) is 0 Å². The molecule has 0 aliphatic rings. The molecule has 0 amide bonds. The Morgan fingerprint density at radius 1 is 1.85 bits per heavy atom. The highest BCUT2D eigenvalue weighted by atomic mass is 35.5. The summed E-state index contributed by atoms with van der Waals surface area (Å²) in [7, 11) is 0. The molecular weight excluding hydrogens is 192 g/mol. The second kappa shape index (κ2) is 4.28. The Labute approximate surface area is 81.4 Å². The smallest absolute Gasteiger partial charge is 0.330 e. The Morgan fingerprint density at radius 2 is 2.54 bits per heavy atom.